The Bertz CT molecular complexity index is 1940. The minimum Gasteiger partial charge on any atom is -0.462 e. The van der Waals surface area contributed by atoms with E-state index in [-0.39, 0.29) is 24.4 Å². The Labute approximate surface area is 420 Å². The molecule has 0 radical (unpaired) electrons. The Hall–Kier alpha value is -3.61. The van der Waals surface area contributed by atoms with Gasteiger partial charge in [0.2, 0.25) is 0 Å². The highest BCUT2D eigenvalue weighted by atomic mass is 31.3. The lowest BCUT2D eigenvalue weighted by atomic mass is 10.0. The first kappa shape index (κ1) is 63.5. The molecule has 21 heteroatoms. The molecule has 2 heterocycles. The van der Waals surface area contributed by atoms with Gasteiger partial charge in [-0.1, -0.05) is 159 Å². The van der Waals surface area contributed by atoms with Crippen LogP contribution in [0, 0.1) is 0 Å². The number of rotatable bonds is 42. The SMILES string of the molecule is CCCCCCCCCCCCCCCCCC(=O)OC[C@H](COP(=O)(O)OP(=O)(O)OC[C@H]1O[C@@H](n2ccc(N)nc2=O)[C@H](O)[C@@H]1O)OC(=O)CCC/C=C\C/C=C\C/C=C\C=C\C(=O)CCCCC. The number of aromatic nitrogens is 2. The van der Waals surface area contributed by atoms with Crippen LogP contribution in [0.25, 0.3) is 0 Å². The van der Waals surface area contributed by atoms with Crippen LogP contribution in [0.15, 0.2) is 65.7 Å². The van der Waals surface area contributed by atoms with Gasteiger partial charge < -0.3 is 39.9 Å². The van der Waals surface area contributed by atoms with Crippen molar-refractivity contribution in [2.75, 3.05) is 25.6 Å². The van der Waals surface area contributed by atoms with E-state index in [4.69, 9.17) is 29.0 Å². The summed E-state index contributed by atoms with van der Waals surface area (Å²) in [6.07, 6.45) is 31.8. The van der Waals surface area contributed by atoms with Crippen LogP contribution in [0.1, 0.15) is 181 Å². The first-order valence-electron chi connectivity index (χ1n) is 25.6. The maximum atomic E-state index is 12.8. The lowest BCUT2D eigenvalue weighted by molar-refractivity contribution is -0.161. The number of phosphoric acid groups is 2. The highest BCUT2D eigenvalue weighted by Crippen LogP contribution is 2.60. The molecule has 0 aliphatic carbocycles. The molecule has 1 fully saturated rings. The second kappa shape index (κ2) is 38.0. The second-order valence-corrected chi connectivity index (χ2v) is 20.8. The van der Waals surface area contributed by atoms with E-state index in [1.54, 1.807) is 12.2 Å². The summed E-state index contributed by atoms with van der Waals surface area (Å²) >= 11 is 0. The van der Waals surface area contributed by atoms with Crippen molar-refractivity contribution in [3.8, 4) is 0 Å². The van der Waals surface area contributed by atoms with Gasteiger partial charge in [0.25, 0.3) is 0 Å². The fraction of sp³-hybridized carbons (Fsp3) is 0.700. The molecular formula is C50H83N3O16P2. The first-order valence-corrected chi connectivity index (χ1v) is 28.6. The van der Waals surface area contributed by atoms with Crippen molar-refractivity contribution in [1.82, 2.24) is 9.55 Å². The number of esters is 2. The van der Waals surface area contributed by atoms with Crippen LogP contribution in [-0.4, -0.2) is 91.5 Å². The predicted molar refractivity (Wildman–Crippen MR) is 271 cm³/mol. The maximum absolute atomic E-state index is 12.8. The van der Waals surface area contributed by atoms with Gasteiger partial charge in [-0.15, -0.1) is 0 Å². The number of ketones is 1. The third-order valence-electron chi connectivity index (χ3n) is 11.4. The summed E-state index contributed by atoms with van der Waals surface area (Å²) in [7, 11) is -10.9. The summed E-state index contributed by atoms with van der Waals surface area (Å²) in [6, 6.07) is 1.24. The number of carbonyl (C=O) groups excluding carboxylic acids is 3. The number of aliphatic hydroxyl groups is 2. The fourth-order valence-corrected chi connectivity index (χ4v) is 9.49. The van der Waals surface area contributed by atoms with Crippen molar-refractivity contribution in [3.05, 3.63) is 71.4 Å². The summed E-state index contributed by atoms with van der Waals surface area (Å²) in [5.41, 5.74) is 4.58. The predicted octanol–water partition coefficient (Wildman–Crippen LogP) is 9.74. The molecule has 0 aromatic carbocycles. The molecule has 2 rings (SSSR count). The zero-order valence-electron chi connectivity index (χ0n) is 42.0. The molecule has 0 amide bonds. The summed E-state index contributed by atoms with van der Waals surface area (Å²) in [4.78, 5) is 73.7. The standard InChI is InChI=1S/C50H83N3O16P2/c1-3-5-7-8-9-10-11-12-13-14-17-20-23-26-30-34-45(55)64-38-42(67-46(56)35-31-27-24-21-18-15-16-19-22-25-29-33-41(54)32-28-6-4-2)39-65-70(60,61)69-71(62,63)66-40-43-47(57)48(58)49(68-43)53-37-36-44(51)52-50(53)59/h15-16,21-22,24-25,29,33,36-37,42-43,47-49,57-58H,3-14,17-20,23,26-28,30-32,34-35,38-40H2,1-2H3,(H,60,61)(H,62,63)(H2,51,52,59)/b16-15-,24-21-,25-22-,33-29+/t42-,43-,47-,48-,49-/m1/s1. The van der Waals surface area contributed by atoms with E-state index >= 15 is 0 Å². The molecule has 6 N–H and O–H groups in total. The van der Waals surface area contributed by atoms with Gasteiger partial charge in [0.15, 0.2) is 18.1 Å². The zero-order valence-corrected chi connectivity index (χ0v) is 43.8. The van der Waals surface area contributed by atoms with Gasteiger partial charge in [-0.05, 0) is 50.7 Å². The molecule has 2 unspecified atom stereocenters. The van der Waals surface area contributed by atoms with E-state index in [1.807, 2.05) is 36.5 Å². The summed E-state index contributed by atoms with van der Waals surface area (Å²) in [5.74, 6) is -1.27. The van der Waals surface area contributed by atoms with Gasteiger partial charge in [0, 0.05) is 25.5 Å². The molecule has 1 saturated heterocycles. The number of allylic oxidation sites excluding steroid dienone is 8. The van der Waals surface area contributed by atoms with E-state index in [0.717, 1.165) is 55.7 Å². The Kier molecular flexibility index (Phi) is 34.0. The highest BCUT2D eigenvalue weighted by Gasteiger charge is 2.46. The van der Waals surface area contributed by atoms with Crippen molar-refractivity contribution >= 4 is 39.2 Å². The molecule has 19 nitrogen and oxygen atoms in total. The number of hydrogen-bond acceptors (Lipinski definition) is 16. The molecule has 1 aliphatic rings. The average molecular weight is 1040 g/mol. The third kappa shape index (κ3) is 30.9. The number of phosphoric ester groups is 2. The smallest absolute Gasteiger partial charge is 0.462 e. The average Bonchev–Trinajstić information content (AvgIpc) is 3.60. The van der Waals surface area contributed by atoms with Crippen LogP contribution in [0.3, 0.4) is 0 Å². The topological polar surface area (TPSA) is 283 Å². The zero-order chi connectivity index (χ0) is 52.2. The maximum Gasteiger partial charge on any atom is 0.481 e. The van der Waals surface area contributed by atoms with Crippen molar-refractivity contribution in [1.29, 1.82) is 0 Å². The number of nitrogens with two attached hydrogens (primary N) is 1. The Morgan fingerprint density at radius 1 is 0.718 bits per heavy atom. The number of aliphatic hydroxyl groups excluding tert-OH is 2. The Balaban J connectivity index is 1.84. The quantitative estimate of drug-likeness (QED) is 0.0102. The third-order valence-corrected chi connectivity index (χ3v) is 14.0. The van der Waals surface area contributed by atoms with Gasteiger partial charge in [-0.3, -0.25) is 28.0 Å². The number of unbranched alkanes of at least 4 members (excludes halogenated alkanes) is 17. The molecular weight excluding hydrogens is 961 g/mol. The number of ether oxygens (including phenoxy) is 3. The van der Waals surface area contributed by atoms with Crippen molar-refractivity contribution in [2.24, 2.45) is 0 Å². The molecule has 71 heavy (non-hydrogen) atoms. The van der Waals surface area contributed by atoms with Crippen LogP contribution in [0.4, 0.5) is 5.82 Å². The summed E-state index contributed by atoms with van der Waals surface area (Å²) in [5, 5.41) is 20.9. The normalized spacial score (nSPS) is 19.5. The molecule has 404 valence electrons. The number of nitrogen functional groups attached to an aromatic ring is 1. The van der Waals surface area contributed by atoms with Gasteiger partial charge >= 0.3 is 33.3 Å². The molecule has 0 saturated carbocycles. The molecule has 0 bridgehead atoms. The van der Waals surface area contributed by atoms with E-state index in [0.29, 0.717) is 38.5 Å². The molecule has 7 atom stereocenters. The van der Waals surface area contributed by atoms with Gasteiger partial charge in [-0.25, -0.2) is 13.9 Å². The second-order valence-electron chi connectivity index (χ2n) is 17.7. The lowest BCUT2D eigenvalue weighted by Crippen LogP contribution is -2.36. The van der Waals surface area contributed by atoms with Gasteiger partial charge in [0.05, 0.1) is 13.2 Å². The minimum atomic E-state index is -5.45. The van der Waals surface area contributed by atoms with Crippen LogP contribution >= 0.6 is 15.6 Å². The van der Waals surface area contributed by atoms with Crippen molar-refractivity contribution < 1.29 is 71.1 Å². The van der Waals surface area contributed by atoms with Gasteiger partial charge in [-0.2, -0.15) is 9.29 Å². The Morgan fingerprint density at radius 2 is 1.27 bits per heavy atom. The summed E-state index contributed by atoms with van der Waals surface area (Å²) in [6.45, 7) is 1.94. The number of carbonyl (C=O) groups is 3. The summed E-state index contributed by atoms with van der Waals surface area (Å²) < 4.78 is 56.7. The van der Waals surface area contributed by atoms with Gasteiger partial charge in [0.1, 0.15) is 30.7 Å². The van der Waals surface area contributed by atoms with E-state index < -0.39 is 83.7 Å². The van der Waals surface area contributed by atoms with Crippen LogP contribution in [0.5, 0.6) is 0 Å². The fourth-order valence-electron chi connectivity index (χ4n) is 7.38. The molecule has 1 aromatic heterocycles. The van der Waals surface area contributed by atoms with E-state index in [1.165, 1.54) is 70.3 Å². The minimum absolute atomic E-state index is 0.0513. The number of nitrogens with zero attached hydrogens (tertiary/aromatic N) is 2. The first-order chi connectivity index (χ1) is 34.1. The molecule has 1 aliphatic heterocycles. The van der Waals surface area contributed by atoms with Crippen molar-refractivity contribution in [3.63, 3.8) is 0 Å². The van der Waals surface area contributed by atoms with Crippen LogP contribution in [-0.2, 0) is 51.1 Å². The van der Waals surface area contributed by atoms with E-state index in [2.05, 4.69) is 23.1 Å². The lowest BCUT2D eigenvalue weighted by Gasteiger charge is -2.21. The van der Waals surface area contributed by atoms with Crippen LogP contribution in [0.2, 0.25) is 0 Å². The largest absolute Gasteiger partial charge is 0.481 e. The number of anilines is 1. The monoisotopic (exact) mass is 1040 g/mol. The molecule has 1 aromatic rings. The molecule has 0 spiro atoms. The van der Waals surface area contributed by atoms with E-state index in [9.17, 15) is 48.3 Å². The Morgan fingerprint density at radius 3 is 1.90 bits per heavy atom. The highest BCUT2D eigenvalue weighted by molar-refractivity contribution is 7.61. The number of hydrogen-bond donors (Lipinski definition) is 5. The van der Waals surface area contributed by atoms with Crippen molar-refractivity contribution in [2.45, 2.75) is 205 Å². The van der Waals surface area contributed by atoms with Crippen LogP contribution < -0.4 is 11.4 Å².